The van der Waals surface area contributed by atoms with Crippen LogP contribution in [0.25, 0.3) is 0 Å². The standard InChI is InChI=1S/C15H14O3/c16-14(13-5-7-17-10-13)3-1-11-2-4-15-12(9-11)6-8-18-15/h2,4-5,7,9-10H,1,3,6,8H2. The van der Waals surface area contributed by atoms with Crippen LogP contribution in [0.2, 0.25) is 0 Å². The van der Waals surface area contributed by atoms with Gasteiger partial charge in [-0.1, -0.05) is 12.1 Å². The first-order chi connectivity index (χ1) is 8.83. The molecule has 0 aliphatic carbocycles. The van der Waals surface area contributed by atoms with Crippen LogP contribution in [0.3, 0.4) is 0 Å². The number of rotatable bonds is 4. The van der Waals surface area contributed by atoms with E-state index in [4.69, 9.17) is 9.15 Å². The minimum absolute atomic E-state index is 0.125. The first-order valence-electron chi connectivity index (χ1n) is 6.13. The van der Waals surface area contributed by atoms with Crippen molar-refractivity contribution in [1.82, 2.24) is 0 Å². The molecule has 0 atom stereocenters. The quantitative estimate of drug-likeness (QED) is 0.773. The van der Waals surface area contributed by atoms with Crippen LogP contribution in [-0.4, -0.2) is 12.4 Å². The number of ketones is 1. The van der Waals surface area contributed by atoms with Crippen molar-refractivity contribution in [2.75, 3.05) is 6.61 Å². The highest BCUT2D eigenvalue weighted by Crippen LogP contribution is 2.26. The van der Waals surface area contributed by atoms with Gasteiger partial charge in [0.05, 0.1) is 18.4 Å². The summed E-state index contributed by atoms with van der Waals surface area (Å²) in [5, 5.41) is 0. The van der Waals surface area contributed by atoms with Gasteiger partial charge in [-0.15, -0.1) is 0 Å². The predicted molar refractivity (Wildman–Crippen MR) is 67.0 cm³/mol. The van der Waals surface area contributed by atoms with E-state index in [0.29, 0.717) is 12.0 Å². The number of Topliss-reactive ketones (excluding diaryl/α,β-unsaturated/α-hetero) is 1. The van der Waals surface area contributed by atoms with Crippen LogP contribution in [0, 0.1) is 0 Å². The summed E-state index contributed by atoms with van der Waals surface area (Å²) in [6.45, 7) is 0.771. The summed E-state index contributed by atoms with van der Waals surface area (Å²) in [5.41, 5.74) is 3.10. The lowest BCUT2D eigenvalue weighted by atomic mass is 10.0. The van der Waals surface area contributed by atoms with Crippen molar-refractivity contribution in [1.29, 1.82) is 0 Å². The van der Waals surface area contributed by atoms with E-state index in [2.05, 4.69) is 6.07 Å². The second-order valence-corrected chi connectivity index (χ2v) is 4.48. The fourth-order valence-corrected chi connectivity index (χ4v) is 2.22. The van der Waals surface area contributed by atoms with Gasteiger partial charge in [0.2, 0.25) is 0 Å². The first kappa shape index (κ1) is 11.1. The largest absolute Gasteiger partial charge is 0.493 e. The number of hydrogen-bond acceptors (Lipinski definition) is 3. The minimum atomic E-state index is 0.125. The molecule has 0 N–H and O–H groups in total. The lowest BCUT2D eigenvalue weighted by Crippen LogP contribution is -1.99. The molecule has 0 fully saturated rings. The molecule has 0 saturated carbocycles. The Morgan fingerprint density at radius 1 is 1.28 bits per heavy atom. The maximum atomic E-state index is 11.8. The molecule has 3 heteroatoms. The highest BCUT2D eigenvalue weighted by atomic mass is 16.5. The molecule has 0 saturated heterocycles. The maximum Gasteiger partial charge on any atom is 0.166 e. The third-order valence-electron chi connectivity index (χ3n) is 3.24. The number of carbonyl (C=O) groups is 1. The summed E-state index contributed by atoms with van der Waals surface area (Å²) < 4.78 is 10.4. The SMILES string of the molecule is O=C(CCc1ccc2c(c1)CCO2)c1ccoc1. The molecule has 0 bridgehead atoms. The van der Waals surface area contributed by atoms with E-state index in [1.54, 1.807) is 6.07 Å². The van der Waals surface area contributed by atoms with Gasteiger partial charge in [0, 0.05) is 12.8 Å². The Morgan fingerprint density at radius 3 is 3.06 bits per heavy atom. The molecule has 1 aromatic heterocycles. The van der Waals surface area contributed by atoms with Crippen LogP contribution in [-0.2, 0) is 12.8 Å². The molecule has 18 heavy (non-hydrogen) atoms. The molecule has 3 nitrogen and oxygen atoms in total. The van der Waals surface area contributed by atoms with Crippen molar-refractivity contribution in [3.05, 3.63) is 53.5 Å². The molecular formula is C15H14O3. The molecule has 1 aromatic carbocycles. The number of fused-ring (bicyclic) bond motifs is 1. The second-order valence-electron chi connectivity index (χ2n) is 4.48. The summed E-state index contributed by atoms with van der Waals surface area (Å²) in [6, 6.07) is 7.89. The Labute approximate surface area is 105 Å². The molecular weight excluding hydrogens is 228 g/mol. The van der Waals surface area contributed by atoms with Gasteiger partial charge in [0.1, 0.15) is 12.0 Å². The molecule has 2 aromatic rings. The number of furan rings is 1. The van der Waals surface area contributed by atoms with Gasteiger partial charge in [-0.25, -0.2) is 0 Å². The summed E-state index contributed by atoms with van der Waals surface area (Å²) in [6.07, 6.45) is 5.27. The van der Waals surface area contributed by atoms with Crippen molar-refractivity contribution in [3.8, 4) is 5.75 Å². The van der Waals surface area contributed by atoms with E-state index < -0.39 is 0 Å². The number of hydrogen-bond donors (Lipinski definition) is 0. The van der Waals surface area contributed by atoms with Gasteiger partial charge in [-0.3, -0.25) is 4.79 Å². The van der Waals surface area contributed by atoms with E-state index in [1.807, 2.05) is 12.1 Å². The maximum absolute atomic E-state index is 11.8. The molecule has 0 amide bonds. The van der Waals surface area contributed by atoms with E-state index in [0.717, 1.165) is 25.2 Å². The lowest BCUT2D eigenvalue weighted by Gasteiger charge is -2.03. The summed E-state index contributed by atoms with van der Waals surface area (Å²) in [5.74, 6) is 1.11. The highest BCUT2D eigenvalue weighted by molar-refractivity contribution is 5.95. The lowest BCUT2D eigenvalue weighted by molar-refractivity contribution is 0.0982. The zero-order valence-corrected chi connectivity index (χ0v) is 10.0. The molecule has 2 heterocycles. The average molecular weight is 242 g/mol. The zero-order chi connectivity index (χ0) is 12.4. The van der Waals surface area contributed by atoms with Crippen LogP contribution in [0.15, 0.2) is 41.2 Å². The monoisotopic (exact) mass is 242 g/mol. The van der Waals surface area contributed by atoms with Gasteiger partial charge in [0.25, 0.3) is 0 Å². The molecule has 0 unspecified atom stereocenters. The first-order valence-corrected chi connectivity index (χ1v) is 6.13. The summed E-state index contributed by atoms with van der Waals surface area (Å²) in [4.78, 5) is 11.8. The van der Waals surface area contributed by atoms with E-state index in [-0.39, 0.29) is 5.78 Å². The van der Waals surface area contributed by atoms with Crippen LogP contribution >= 0.6 is 0 Å². The highest BCUT2D eigenvalue weighted by Gasteiger charge is 2.13. The average Bonchev–Trinajstić information content (AvgIpc) is 3.05. The molecule has 0 spiro atoms. The molecule has 92 valence electrons. The Kier molecular flexibility index (Phi) is 2.89. The number of carbonyl (C=O) groups excluding carboxylic acids is 1. The number of ether oxygens (including phenoxy) is 1. The van der Waals surface area contributed by atoms with E-state index >= 15 is 0 Å². The predicted octanol–water partition coefficient (Wildman–Crippen LogP) is 3.03. The zero-order valence-electron chi connectivity index (χ0n) is 10.0. The third-order valence-corrected chi connectivity index (χ3v) is 3.24. The molecule has 1 aliphatic rings. The smallest absolute Gasteiger partial charge is 0.166 e. The van der Waals surface area contributed by atoms with Crippen LogP contribution in [0.1, 0.15) is 27.9 Å². The molecule has 3 rings (SSSR count). The van der Waals surface area contributed by atoms with Gasteiger partial charge in [0.15, 0.2) is 5.78 Å². The van der Waals surface area contributed by atoms with E-state index in [9.17, 15) is 4.79 Å². The molecule has 0 radical (unpaired) electrons. The topological polar surface area (TPSA) is 39.4 Å². The van der Waals surface area contributed by atoms with Crippen molar-refractivity contribution in [2.24, 2.45) is 0 Å². The summed E-state index contributed by atoms with van der Waals surface area (Å²) >= 11 is 0. The normalized spacial score (nSPS) is 13.1. The van der Waals surface area contributed by atoms with Gasteiger partial charge in [-0.2, -0.15) is 0 Å². The minimum Gasteiger partial charge on any atom is -0.493 e. The second kappa shape index (κ2) is 4.69. The Morgan fingerprint density at radius 2 is 2.22 bits per heavy atom. The fraction of sp³-hybridized carbons (Fsp3) is 0.267. The fourth-order valence-electron chi connectivity index (χ4n) is 2.22. The number of aryl methyl sites for hydroxylation is 1. The third kappa shape index (κ3) is 2.16. The van der Waals surface area contributed by atoms with Crippen molar-refractivity contribution in [2.45, 2.75) is 19.3 Å². The Balaban J connectivity index is 1.65. The summed E-state index contributed by atoms with van der Waals surface area (Å²) in [7, 11) is 0. The van der Waals surface area contributed by atoms with Crippen molar-refractivity contribution < 1.29 is 13.9 Å². The van der Waals surface area contributed by atoms with Crippen LogP contribution in [0.4, 0.5) is 0 Å². The van der Waals surface area contributed by atoms with Crippen LogP contribution < -0.4 is 4.74 Å². The van der Waals surface area contributed by atoms with Crippen molar-refractivity contribution >= 4 is 5.78 Å². The Bertz CT molecular complexity index is 555. The number of benzene rings is 1. The van der Waals surface area contributed by atoms with Gasteiger partial charge < -0.3 is 9.15 Å². The van der Waals surface area contributed by atoms with Crippen LogP contribution in [0.5, 0.6) is 5.75 Å². The van der Waals surface area contributed by atoms with E-state index in [1.165, 1.54) is 23.7 Å². The van der Waals surface area contributed by atoms with Gasteiger partial charge >= 0.3 is 0 Å². The molecule has 1 aliphatic heterocycles. The van der Waals surface area contributed by atoms with Crippen molar-refractivity contribution in [3.63, 3.8) is 0 Å². The Hall–Kier alpha value is -2.03. The van der Waals surface area contributed by atoms with Gasteiger partial charge in [-0.05, 0) is 29.7 Å².